The molecule has 3 heteroatoms. The average Bonchev–Trinajstić information content (AvgIpc) is 3.44. The molecule has 2 aliphatic rings. The van der Waals surface area contributed by atoms with Crippen LogP contribution in [0.25, 0.3) is 11.1 Å². The summed E-state index contributed by atoms with van der Waals surface area (Å²) in [5.74, 6) is 0. The summed E-state index contributed by atoms with van der Waals surface area (Å²) >= 11 is 3.81. The summed E-state index contributed by atoms with van der Waals surface area (Å²) in [6, 6.07) is 64.2. The summed E-state index contributed by atoms with van der Waals surface area (Å²) in [4.78, 5) is 7.68. The maximum Gasteiger partial charge on any atom is 0.0714 e. The Hall–Kier alpha value is -4.96. The Morgan fingerprint density at radius 1 is 0.370 bits per heavy atom. The van der Waals surface area contributed by atoms with Gasteiger partial charge in [-0.1, -0.05) is 145 Å². The van der Waals surface area contributed by atoms with Gasteiger partial charge >= 0.3 is 0 Å². The van der Waals surface area contributed by atoms with Gasteiger partial charge in [-0.25, -0.2) is 0 Å². The van der Waals surface area contributed by atoms with Gasteiger partial charge < -0.3 is 4.90 Å². The van der Waals surface area contributed by atoms with Crippen LogP contribution >= 0.6 is 23.5 Å². The minimum Gasteiger partial charge on any atom is -0.311 e. The van der Waals surface area contributed by atoms with Crippen LogP contribution in [0, 0.1) is 0 Å². The van der Waals surface area contributed by atoms with Gasteiger partial charge in [0.15, 0.2) is 0 Å². The zero-order chi connectivity index (χ0) is 30.5. The fraction of sp³-hybridized carbons (Fsp3) is 0.0233. The molecule has 0 aromatic heterocycles. The number of hydrogen-bond acceptors (Lipinski definition) is 3. The van der Waals surface area contributed by atoms with Crippen molar-refractivity contribution in [2.24, 2.45) is 0 Å². The number of anilines is 3. The van der Waals surface area contributed by atoms with Gasteiger partial charge in [-0.15, -0.1) is 0 Å². The van der Waals surface area contributed by atoms with Gasteiger partial charge in [0.25, 0.3) is 0 Å². The maximum absolute atomic E-state index is 2.40. The highest BCUT2D eigenvalue weighted by molar-refractivity contribution is 8.05. The molecule has 1 heterocycles. The molecule has 1 aliphatic carbocycles. The van der Waals surface area contributed by atoms with Gasteiger partial charge in [-0.05, 0) is 82.4 Å². The molecule has 0 bridgehead atoms. The van der Waals surface area contributed by atoms with Crippen LogP contribution in [-0.2, 0) is 5.41 Å². The van der Waals surface area contributed by atoms with Gasteiger partial charge in [0, 0.05) is 42.2 Å². The van der Waals surface area contributed by atoms with Gasteiger partial charge in [0.05, 0.1) is 5.41 Å². The first-order valence-corrected chi connectivity index (χ1v) is 17.2. The summed E-state index contributed by atoms with van der Waals surface area (Å²) in [5, 5.41) is 0. The van der Waals surface area contributed by atoms with Gasteiger partial charge in [-0.3, -0.25) is 0 Å². The molecule has 1 nitrogen and oxygen atoms in total. The monoisotopic (exact) mass is 623 g/mol. The molecule has 0 radical (unpaired) electrons. The summed E-state index contributed by atoms with van der Waals surface area (Å²) in [5.41, 5.74) is 10.9. The highest BCUT2D eigenvalue weighted by Gasteiger charge is 2.47. The van der Waals surface area contributed by atoms with E-state index >= 15 is 0 Å². The van der Waals surface area contributed by atoms with Crippen molar-refractivity contribution in [2.75, 3.05) is 4.90 Å². The number of hydrogen-bond donors (Lipinski definition) is 0. The van der Waals surface area contributed by atoms with Gasteiger partial charge in [0.2, 0.25) is 0 Å². The Morgan fingerprint density at radius 2 is 0.891 bits per heavy atom. The number of para-hydroxylation sites is 2. The molecule has 7 aromatic carbocycles. The zero-order valence-corrected chi connectivity index (χ0v) is 26.6. The molecule has 218 valence electrons. The van der Waals surface area contributed by atoms with Crippen LogP contribution in [0.2, 0.25) is 0 Å². The van der Waals surface area contributed by atoms with E-state index in [0.29, 0.717) is 0 Å². The van der Waals surface area contributed by atoms with E-state index in [9.17, 15) is 0 Å². The van der Waals surface area contributed by atoms with Crippen LogP contribution in [0.5, 0.6) is 0 Å². The van der Waals surface area contributed by atoms with Crippen molar-refractivity contribution in [3.05, 3.63) is 198 Å². The molecule has 1 aliphatic heterocycles. The fourth-order valence-corrected chi connectivity index (χ4v) is 9.69. The van der Waals surface area contributed by atoms with E-state index in [0.717, 1.165) is 17.1 Å². The summed E-state index contributed by atoms with van der Waals surface area (Å²) in [6.07, 6.45) is 0. The first-order chi connectivity index (χ1) is 22.8. The van der Waals surface area contributed by atoms with E-state index in [1.54, 1.807) is 0 Å². The molecular weight excluding hydrogens is 595 g/mol. The van der Waals surface area contributed by atoms with Crippen molar-refractivity contribution < 1.29 is 0 Å². The third kappa shape index (κ3) is 4.20. The molecular formula is C43H29NS2. The molecule has 46 heavy (non-hydrogen) atoms. The molecule has 0 saturated heterocycles. The van der Waals surface area contributed by atoms with E-state index in [1.165, 1.54) is 53.0 Å². The van der Waals surface area contributed by atoms with Crippen molar-refractivity contribution in [3.63, 3.8) is 0 Å². The number of rotatable bonds is 5. The van der Waals surface area contributed by atoms with Crippen molar-refractivity contribution in [2.45, 2.75) is 25.0 Å². The lowest BCUT2D eigenvalue weighted by molar-refractivity contribution is 0.766. The quantitative estimate of drug-likeness (QED) is 0.188. The smallest absolute Gasteiger partial charge is 0.0714 e. The van der Waals surface area contributed by atoms with E-state index in [1.807, 2.05) is 23.5 Å². The highest BCUT2D eigenvalue weighted by atomic mass is 32.2. The Morgan fingerprint density at radius 3 is 1.57 bits per heavy atom. The zero-order valence-electron chi connectivity index (χ0n) is 25.0. The molecule has 0 fully saturated rings. The average molecular weight is 624 g/mol. The van der Waals surface area contributed by atoms with Gasteiger partial charge in [-0.2, -0.15) is 0 Å². The number of benzene rings is 7. The van der Waals surface area contributed by atoms with Crippen molar-refractivity contribution in [1.29, 1.82) is 0 Å². The Labute approximate surface area is 278 Å². The largest absolute Gasteiger partial charge is 0.311 e. The van der Waals surface area contributed by atoms with Gasteiger partial charge in [0.1, 0.15) is 0 Å². The fourth-order valence-electron chi connectivity index (χ4n) is 7.28. The topological polar surface area (TPSA) is 3.24 Å². The molecule has 7 aromatic rings. The van der Waals surface area contributed by atoms with Crippen LogP contribution in [-0.4, -0.2) is 0 Å². The van der Waals surface area contributed by atoms with Crippen LogP contribution in [0.15, 0.2) is 196 Å². The summed E-state index contributed by atoms with van der Waals surface area (Å²) < 4.78 is 0. The third-order valence-corrected chi connectivity index (χ3v) is 11.8. The highest BCUT2D eigenvalue weighted by Crippen LogP contribution is 2.62. The molecule has 0 N–H and O–H groups in total. The van der Waals surface area contributed by atoms with Crippen LogP contribution in [0.3, 0.4) is 0 Å². The second-order valence-corrected chi connectivity index (χ2v) is 13.8. The van der Waals surface area contributed by atoms with E-state index in [2.05, 4.69) is 181 Å². The van der Waals surface area contributed by atoms with E-state index < -0.39 is 5.41 Å². The van der Waals surface area contributed by atoms with Crippen LogP contribution < -0.4 is 4.90 Å². The molecule has 0 spiro atoms. The van der Waals surface area contributed by atoms with Crippen molar-refractivity contribution in [1.82, 2.24) is 0 Å². The van der Waals surface area contributed by atoms with Crippen LogP contribution in [0.4, 0.5) is 17.1 Å². The second-order valence-electron chi connectivity index (χ2n) is 11.7. The normalized spacial score (nSPS) is 15.7. The lowest BCUT2D eigenvalue weighted by Gasteiger charge is -2.35. The molecule has 0 saturated carbocycles. The van der Waals surface area contributed by atoms with Crippen molar-refractivity contribution >= 4 is 40.6 Å². The van der Waals surface area contributed by atoms with Crippen molar-refractivity contribution in [3.8, 4) is 11.1 Å². The second kappa shape index (κ2) is 11.1. The number of fused-ring (bicyclic) bond motifs is 6. The SMILES string of the molecule is c1ccc(N(c2ccccc2)c2ccc(C3(c4ccccc4)c4ccccc4-c4c3ccc3c4Sc4ccccc4S3)cc2)cc1. The predicted octanol–water partition coefficient (Wildman–Crippen LogP) is 12.1. The first-order valence-electron chi connectivity index (χ1n) is 15.6. The molecule has 0 amide bonds. The Balaban J connectivity index is 1.27. The molecule has 1 unspecified atom stereocenters. The Bertz CT molecular complexity index is 2160. The van der Waals surface area contributed by atoms with E-state index in [4.69, 9.17) is 0 Å². The van der Waals surface area contributed by atoms with E-state index in [-0.39, 0.29) is 0 Å². The minimum atomic E-state index is -0.451. The lowest BCUT2D eigenvalue weighted by atomic mass is 9.67. The predicted molar refractivity (Wildman–Crippen MR) is 193 cm³/mol. The molecule has 9 rings (SSSR count). The lowest BCUT2D eigenvalue weighted by Crippen LogP contribution is -2.28. The third-order valence-electron chi connectivity index (χ3n) is 9.20. The summed E-state index contributed by atoms with van der Waals surface area (Å²) in [6.45, 7) is 0. The molecule has 1 atom stereocenters. The first kappa shape index (κ1) is 27.4. The number of nitrogens with zero attached hydrogens (tertiary/aromatic N) is 1. The standard InChI is InChI=1S/C43H29NS2/c1-4-14-30(15-5-1)43(31-24-26-34(27-25-31)44(32-16-6-2-7-17-32)33-18-8-3-9-19-33)36-21-11-10-20-35(36)41-37(43)28-29-40-42(41)46-39-23-13-12-22-38(39)45-40/h1-29H. The summed E-state index contributed by atoms with van der Waals surface area (Å²) in [7, 11) is 0. The Kier molecular flexibility index (Phi) is 6.62. The maximum atomic E-state index is 2.40. The minimum absolute atomic E-state index is 0.451. The van der Waals surface area contributed by atoms with Crippen LogP contribution in [0.1, 0.15) is 22.3 Å².